The molecule has 2 heterocycles. The third kappa shape index (κ3) is 5.84. The lowest BCUT2D eigenvalue weighted by atomic mass is 10.1. The minimum Gasteiger partial charge on any atom is -0.479 e. The number of carbonyl (C=O) groups excluding carboxylic acids is 3. The van der Waals surface area contributed by atoms with Crippen LogP contribution in [0.25, 0.3) is 0 Å². The fraction of sp³-hybridized carbons (Fsp3) is 0.261. The Morgan fingerprint density at radius 1 is 1.14 bits per heavy atom. The second kappa shape index (κ2) is 11.3. The van der Waals surface area contributed by atoms with E-state index in [1.807, 2.05) is 6.92 Å². The van der Waals surface area contributed by atoms with Crippen molar-refractivity contribution >= 4 is 39.9 Å². The molecule has 0 aliphatic rings. The second-order valence-electron chi connectivity index (χ2n) is 7.12. The zero-order valence-electron chi connectivity index (χ0n) is 19.1. The van der Waals surface area contributed by atoms with Crippen molar-refractivity contribution in [3.05, 3.63) is 74.0 Å². The molecule has 12 heteroatoms. The summed E-state index contributed by atoms with van der Waals surface area (Å²) in [6, 6.07) is 8.75. The highest BCUT2D eigenvalue weighted by molar-refractivity contribution is 7.18. The fourth-order valence-corrected chi connectivity index (χ4v) is 4.13. The Kier molecular flexibility index (Phi) is 8.21. The summed E-state index contributed by atoms with van der Waals surface area (Å²) in [5, 5.41) is 13.8. The number of carbonyl (C=O) groups is 3. The third-order valence-corrected chi connectivity index (χ3v) is 5.89. The molecule has 1 N–H and O–H groups in total. The van der Waals surface area contributed by atoms with E-state index in [0.717, 1.165) is 11.3 Å². The SMILES string of the molecule is CCCOC(=O)c1c(NC(=O)c2ccc(COc3ccccc3[N+](=O)[O-])o2)sc(C(=O)OC)c1C. The largest absolute Gasteiger partial charge is 0.479 e. The Bertz CT molecular complexity index is 1260. The summed E-state index contributed by atoms with van der Waals surface area (Å²) in [7, 11) is 1.21. The molecule has 35 heavy (non-hydrogen) atoms. The molecule has 184 valence electrons. The van der Waals surface area contributed by atoms with Gasteiger partial charge in [0.15, 0.2) is 11.5 Å². The van der Waals surface area contributed by atoms with Gasteiger partial charge >= 0.3 is 17.6 Å². The Morgan fingerprint density at radius 3 is 2.57 bits per heavy atom. The Morgan fingerprint density at radius 2 is 1.89 bits per heavy atom. The van der Waals surface area contributed by atoms with Crippen LogP contribution in [0.4, 0.5) is 10.7 Å². The molecule has 0 radical (unpaired) electrons. The summed E-state index contributed by atoms with van der Waals surface area (Å²) in [5.74, 6) is -1.80. The number of nitro benzene ring substituents is 1. The standard InChI is InChI=1S/C23H22N2O9S/c1-4-11-32-22(27)18-13(2)19(23(28)31-3)35-21(18)24-20(26)17-10-9-14(34-17)12-33-16-8-6-5-7-15(16)25(29)30/h5-10H,4,11-12H2,1-3H3,(H,24,26). The number of anilines is 1. The van der Waals surface area contributed by atoms with Crippen molar-refractivity contribution in [1.29, 1.82) is 0 Å². The summed E-state index contributed by atoms with van der Waals surface area (Å²) in [4.78, 5) is 48.2. The van der Waals surface area contributed by atoms with Crippen molar-refractivity contribution in [2.75, 3.05) is 19.0 Å². The first kappa shape index (κ1) is 25.4. The van der Waals surface area contributed by atoms with Gasteiger partial charge in [-0.1, -0.05) is 19.1 Å². The van der Waals surface area contributed by atoms with E-state index < -0.39 is 22.8 Å². The maximum Gasteiger partial charge on any atom is 0.348 e. The highest BCUT2D eigenvalue weighted by atomic mass is 32.1. The van der Waals surface area contributed by atoms with Gasteiger partial charge in [-0.05, 0) is 37.1 Å². The predicted molar refractivity (Wildman–Crippen MR) is 125 cm³/mol. The smallest absolute Gasteiger partial charge is 0.348 e. The Labute approximate surface area is 203 Å². The first-order chi connectivity index (χ1) is 16.8. The molecule has 0 bridgehead atoms. The van der Waals surface area contributed by atoms with Gasteiger partial charge in [0.05, 0.1) is 24.2 Å². The number of hydrogen-bond acceptors (Lipinski definition) is 10. The van der Waals surface area contributed by atoms with Gasteiger partial charge in [-0.15, -0.1) is 11.3 Å². The number of thiophene rings is 1. The fourth-order valence-electron chi connectivity index (χ4n) is 3.02. The molecule has 11 nitrogen and oxygen atoms in total. The normalized spacial score (nSPS) is 10.5. The van der Waals surface area contributed by atoms with E-state index in [4.69, 9.17) is 18.6 Å². The molecule has 0 aliphatic heterocycles. The van der Waals surface area contributed by atoms with Crippen LogP contribution in [0.1, 0.15) is 55.3 Å². The molecule has 0 atom stereocenters. The van der Waals surface area contributed by atoms with Crippen LogP contribution >= 0.6 is 11.3 Å². The monoisotopic (exact) mass is 502 g/mol. The van der Waals surface area contributed by atoms with Crippen molar-refractivity contribution in [2.45, 2.75) is 26.9 Å². The number of nitro groups is 1. The number of para-hydroxylation sites is 2. The molecule has 0 saturated heterocycles. The van der Waals surface area contributed by atoms with Gasteiger partial charge in [0.1, 0.15) is 22.2 Å². The molecule has 3 rings (SSSR count). The van der Waals surface area contributed by atoms with E-state index in [1.54, 1.807) is 13.0 Å². The predicted octanol–water partition coefficient (Wildman–Crippen LogP) is 4.74. The number of furan rings is 1. The molecule has 0 saturated carbocycles. The van der Waals surface area contributed by atoms with Crippen LogP contribution in [0.5, 0.6) is 5.75 Å². The minimum absolute atomic E-state index is 0.0551. The molecule has 0 fully saturated rings. The lowest BCUT2D eigenvalue weighted by molar-refractivity contribution is -0.386. The van der Waals surface area contributed by atoms with Crippen LogP contribution in [-0.4, -0.2) is 36.5 Å². The van der Waals surface area contributed by atoms with Crippen molar-refractivity contribution in [3.63, 3.8) is 0 Å². The number of methoxy groups -OCH3 is 1. The number of rotatable bonds is 10. The van der Waals surface area contributed by atoms with Crippen LogP contribution in [0.15, 0.2) is 40.8 Å². The number of ether oxygens (including phenoxy) is 3. The lowest BCUT2D eigenvalue weighted by Crippen LogP contribution is -2.14. The van der Waals surface area contributed by atoms with Crippen LogP contribution in [0, 0.1) is 17.0 Å². The summed E-state index contributed by atoms with van der Waals surface area (Å²) in [6.45, 7) is 3.42. The molecule has 2 aromatic heterocycles. The highest BCUT2D eigenvalue weighted by Gasteiger charge is 2.28. The number of benzene rings is 1. The quantitative estimate of drug-likeness (QED) is 0.236. The maximum atomic E-state index is 12.8. The number of esters is 2. The molecule has 1 amide bonds. The molecule has 3 aromatic rings. The van der Waals surface area contributed by atoms with Gasteiger partial charge in [0.25, 0.3) is 5.91 Å². The van der Waals surface area contributed by atoms with Crippen molar-refractivity contribution < 1.29 is 37.9 Å². The van der Waals surface area contributed by atoms with Gasteiger partial charge in [-0.25, -0.2) is 9.59 Å². The first-order valence-electron chi connectivity index (χ1n) is 10.4. The van der Waals surface area contributed by atoms with E-state index in [0.29, 0.717) is 12.0 Å². The lowest BCUT2D eigenvalue weighted by Gasteiger charge is -2.07. The van der Waals surface area contributed by atoms with Crippen molar-refractivity contribution in [2.24, 2.45) is 0 Å². The van der Waals surface area contributed by atoms with E-state index in [9.17, 15) is 24.5 Å². The zero-order valence-corrected chi connectivity index (χ0v) is 19.9. The average molecular weight is 503 g/mol. The van der Waals surface area contributed by atoms with Crippen molar-refractivity contribution in [1.82, 2.24) is 0 Å². The van der Waals surface area contributed by atoms with Gasteiger partial charge in [-0.3, -0.25) is 14.9 Å². The van der Waals surface area contributed by atoms with Crippen LogP contribution in [-0.2, 0) is 16.1 Å². The maximum absolute atomic E-state index is 12.8. The Balaban J connectivity index is 1.77. The van der Waals surface area contributed by atoms with Crippen LogP contribution < -0.4 is 10.1 Å². The Hall–Kier alpha value is -4.19. The molecular weight excluding hydrogens is 480 g/mol. The molecule has 1 aromatic carbocycles. The molecule has 0 spiro atoms. The third-order valence-electron chi connectivity index (χ3n) is 4.70. The van der Waals surface area contributed by atoms with Gasteiger partial charge < -0.3 is 23.9 Å². The summed E-state index contributed by atoms with van der Waals surface area (Å²) in [6.07, 6.45) is 0.601. The summed E-state index contributed by atoms with van der Waals surface area (Å²) < 4.78 is 20.9. The number of amides is 1. The van der Waals surface area contributed by atoms with Crippen molar-refractivity contribution in [3.8, 4) is 5.75 Å². The van der Waals surface area contributed by atoms with Gasteiger partial charge in [-0.2, -0.15) is 0 Å². The van der Waals surface area contributed by atoms with Gasteiger partial charge in [0.2, 0.25) is 0 Å². The zero-order chi connectivity index (χ0) is 25.5. The van der Waals surface area contributed by atoms with Gasteiger partial charge in [0, 0.05) is 6.07 Å². The molecule has 0 aliphatic carbocycles. The number of nitrogens with zero attached hydrogens (tertiary/aromatic N) is 1. The number of nitrogens with one attached hydrogen (secondary N) is 1. The highest BCUT2D eigenvalue weighted by Crippen LogP contribution is 2.35. The van der Waals surface area contributed by atoms with E-state index in [2.05, 4.69) is 5.32 Å². The molecular formula is C23H22N2O9S. The van der Waals surface area contributed by atoms with Crippen LogP contribution in [0.3, 0.4) is 0 Å². The number of hydrogen-bond donors (Lipinski definition) is 1. The summed E-state index contributed by atoms with van der Waals surface area (Å²) in [5.41, 5.74) is 0.189. The topological polar surface area (TPSA) is 147 Å². The summed E-state index contributed by atoms with van der Waals surface area (Å²) >= 11 is 0.885. The van der Waals surface area contributed by atoms with E-state index >= 15 is 0 Å². The first-order valence-corrected chi connectivity index (χ1v) is 11.2. The van der Waals surface area contributed by atoms with E-state index in [-0.39, 0.29) is 51.6 Å². The van der Waals surface area contributed by atoms with E-state index in [1.165, 1.54) is 37.4 Å². The average Bonchev–Trinajstić information content (AvgIpc) is 3.45. The second-order valence-corrected chi connectivity index (χ2v) is 8.14. The minimum atomic E-state index is -0.677. The van der Waals surface area contributed by atoms with Crippen LogP contribution in [0.2, 0.25) is 0 Å². The molecule has 0 unspecified atom stereocenters.